The molecule has 34 heavy (non-hydrogen) atoms. The molecule has 0 N–H and O–H groups in total. The van der Waals surface area contributed by atoms with Gasteiger partial charge in [0.05, 0.1) is 5.02 Å². The molecule has 1 fully saturated rings. The fourth-order valence-corrected chi connectivity index (χ4v) is 6.10. The number of ether oxygens (including phenoxy) is 1. The smallest absolute Gasteiger partial charge is 0.339 e. The van der Waals surface area contributed by atoms with Gasteiger partial charge in [-0.3, -0.25) is 9.59 Å². The molecule has 2 aliphatic heterocycles. The third-order valence-electron chi connectivity index (χ3n) is 7.46. The molecule has 1 aliphatic carbocycles. The maximum atomic E-state index is 13.0. The van der Waals surface area contributed by atoms with Crippen LogP contribution in [0.5, 0.6) is 5.75 Å². The number of hydrogen-bond donors (Lipinski definition) is 0. The zero-order chi connectivity index (χ0) is 23.4. The van der Waals surface area contributed by atoms with E-state index in [2.05, 4.69) is 0 Å². The first-order chi connectivity index (χ1) is 16.5. The second kappa shape index (κ2) is 8.31. The van der Waals surface area contributed by atoms with Gasteiger partial charge in [-0.05, 0) is 55.7 Å². The number of hydrogen-bond acceptors (Lipinski definition) is 5. The highest BCUT2D eigenvalue weighted by Gasteiger charge is 2.36. The van der Waals surface area contributed by atoms with Gasteiger partial charge in [0.15, 0.2) is 6.61 Å². The molecule has 3 aromatic rings. The first-order valence-electron chi connectivity index (χ1n) is 11.9. The van der Waals surface area contributed by atoms with Gasteiger partial charge >= 0.3 is 5.63 Å². The van der Waals surface area contributed by atoms with Crippen molar-refractivity contribution < 1.29 is 13.9 Å². The van der Waals surface area contributed by atoms with E-state index in [-0.39, 0.29) is 35.5 Å². The molecule has 2 bridgehead atoms. The molecule has 0 radical (unpaired) electrons. The Morgan fingerprint density at radius 3 is 2.76 bits per heavy atom. The molecule has 1 aromatic carbocycles. The predicted molar refractivity (Wildman–Crippen MR) is 128 cm³/mol. The molecule has 1 saturated heterocycles. The Labute approximate surface area is 200 Å². The molecule has 3 aliphatic rings. The van der Waals surface area contributed by atoms with Crippen LogP contribution in [0.25, 0.3) is 11.0 Å². The average molecular weight is 481 g/mol. The monoisotopic (exact) mass is 480 g/mol. The van der Waals surface area contributed by atoms with Crippen molar-refractivity contribution in [1.29, 1.82) is 0 Å². The van der Waals surface area contributed by atoms with Crippen LogP contribution < -0.4 is 15.9 Å². The quantitative estimate of drug-likeness (QED) is 0.536. The minimum atomic E-state index is -0.300. The third kappa shape index (κ3) is 3.63. The van der Waals surface area contributed by atoms with E-state index in [1.807, 2.05) is 15.5 Å². The van der Waals surface area contributed by atoms with Gasteiger partial charge < -0.3 is 18.6 Å². The van der Waals surface area contributed by atoms with Gasteiger partial charge in [0, 0.05) is 54.3 Å². The molecule has 2 atom stereocenters. The third-order valence-corrected chi connectivity index (χ3v) is 7.76. The molecule has 176 valence electrons. The summed E-state index contributed by atoms with van der Waals surface area (Å²) >= 11 is 6.50. The highest BCUT2D eigenvalue weighted by Crippen LogP contribution is 2.36. The number of carbonyl (C=O) groups excluding carboxylic acids is 1. The highest BCUT2D eigenvalue weighted by atomic mass is 35.5. The van der Waals surface area contributed by atoms with Crippen molar-refractivity contribution >= 4 is 28.5 Å². The summed E-state index contributed by atoms with van der Waals surface area (Å²) in [6.07, 6.45) is 4.57. The molecule has 1 amide bonds. The minimum Gasteiger partial charge on any atom is -0.482 e. The molecule has 7 nitrogen and oxygen atoms in total. The van der Waals surface area contributed by atoms with Gasteiger partial charge in [-0.15, -0.1) is 0 Å². The van der Waals surface area contributed by atoms with Crippen LogP contribution in [0.1, 0.15) is 42.0 Å². The van der Waals surface area contributed by atoms with Crippen molar-refractivity contribution in [2.45, 2.75) is 44.6 Å². The van der Waals surface area contributed by atoms with Crippen molar-refractivity contribution in [2.75, 3.05) is 19.7 Å². The van der Waals surface area contributed by atoms with Gasteiger partial charge in [-0.1, -0.05) is 17.7 Å². The van der Waals surface area contributed by atoms with E-state index in [9.17, 15) is 14.4 Å². The number of amides is 1. The summed E-state index contributed by atoms with van der Waals surface area (Å²) < 4.78 is 13.2. The standard InChI is InChI=1S/C26H25ClN2O5/c27-20-9-19-17-4-1-2-5-18(17)26(32)34-22(19)10-23(20)33-14-25(31)28-11-15-8-16(13-28)21-6-3-7-24(30)29(21)12-15/h3,6-7,9-10,15-16H,1-2,4-5,8,11-14H2/t15-,16-/m0/s1. The van der Waals surface area contributed by atoms with Gasteiger partial charge in [-0.2, -0.15) is 0 Å². The van der Waals surface area contributed by atoms with E-state index < -0.39 is 0 Å². The zero-order valence-corrected chi connectivity index (χ0v) is 19.5. The largest absolute Gasteiger partial charge is 0.482 e. The second-order valence-electron chi connectivity index (χ2n) is 9.62. The number of aromatic nitrogens is 1. The summed E-state index contributed by atoms with van der Waals surface area (Å²) in [6.45, 7) is 1.65. The van der Waals surface area contributed by atoms with E-state index in [0.717, 1.165) is 54.3 Å². The first kappa shape index (κ1) is 21.5. The molecular formula is C26H25ClN2O5. The number of nitrogens with zero attached hydrogens (tertiary/aromatic N) is 2. The molecule has 0 saturated carbocycles. The summed E-state index contributed by atoms with van der Waals surface area (Å²) in [5, 5.41) is 1.24. The van der Waals surface area contributed by atoms with E-state index in [1.54, 1.807) is 24.3 Å². The van der Waals surface area contributed by atoms with Crippen molar-refractivity contribution in [3.05, 3.63) is 72.9 Å². The van der Waals surface area contributed by atoms with Crippen molar-refractivity contribution in [1.82, 2.24) is 9.47 Å². The number of piperidine rings is 1. The van der Waals surface area contributed by atoms with Crippen molar-refractivity contribution in [3.8, 4) is 5.75 Å². The lowest BCUT2D eigenvalue weighted by Crippen LogP contribution is -2.50. The lowest BCUT2D eigenvalue weighted by Gasteiger charge is -2.42. The van der Waals surface area contributed by atoms with Gasteiger partial charge in [0.1, 0.15) is 11.3 Å². The predicted octanol–water partition coefficient (Wildman–Crippen LogP) is 3.51. The van der Waals surface area contributed by atoms with Crippen LogP contribution in [0.2, 0.25) is 5.02 Å². The van der Waals surface area contributed by atoms with Crippen molar-refractivity contribution in [3.63, 3.8) is 0 Å². The number of aryl methyl sites for hydroxylation is 1. The molecule has 8 heteroatoms. The Hall–Kier alpha value is -3.06. The second-order valence-corrected chi connectivity index (χ2v) is 10.0. The number of rotatable bonds is 3. The summed E-state index contributed by atoms with van der Waals surface area (Å²) in [5.74, 6) is 0.607. The normalized spacial score (nSPS) is 21.1. The lowest BCUT2D eigenvalue weighted by atomic mass is 9.83. The maximum Gasteiger partial charge on any atom is 0.339 e. The van der Waals surface area contributed by atoms with E-state index in [1.165, 1.54) is 0 Å². The summed E-state index contributed by atoms with van der Waals surface area (Å²) in [7, 11) is 0. The van der Waals surface area contributed by atoms with Crippen LogP contribution in [0.3, 0.4) is 0 Å². The summed E-state index contributed by atoms with van der Waals surface area (Å²) in [6, 6.07) is 8.76. The van der Waals surface area contributed by atoms with Crippen LogP contribution in [0.4, 0.5) is 0 Å². The van der Waals surface area contributed by atoms with E-state index in [0.29, 0.717) is 36.0 Å². The zero-order valence-electron chi connectivity index (χ0n) is 18.7. The number of halogens is 1. The number of benzene rings is 1. The van der Waals surface area contributed by atoms with Crippen molar-refractivity contribution in [2.24, 2.45) is 5.92 Å². The Bertz CT molecular complexity index is 1430. The summed E-state index contributed by atoms with van der Waals surface area (Å²) in [5.41, 5.74) is 2.92. The topological polar surface area (TPSA) is 81.8 Å². The summed E-state index contributed by atoms with van der Waals surface area (Å²) in [4.78, 5) is 39.5. The molecule has 0 unspecified atom stereocenters. The average Bonchev–Trinajstić information content (AvgIpc) is 2.84. The Morgan fingerprint density at radius 2 is 1.91 bits per heavy atom. The molecule has 0 spiro atoms. The molecule has 4 heterocycles. The SMILES string of the molecule is O=C(COc1cc2oc(=O)c3c(c2cc1Cl)CCCC3)N1C[C@@H]2C[C@@H](C1)c1cccc(=O)n1C2. The molecule has 2 aromatic heterocycles. The minimum absolute atomic E-state index is 0.0224. The van der Waals surface area contributed by atoms with Gasteiger partial charge in [0.2, 0.25) is 0 Å². The molecule has 6 rings (SSSR count). The number of fused-ring (bicyclic) bond motifs is 7. The van der Waals surface area contributed by atoms with Gasteiger partial charge in [0.25, 0.3) is 11.5 Å². The lowest BCUT2D eigenvalue weighted by molar-refractivity contribution is -0.136. The van der Waals surface area contributed by atoms with Crippen LogP contribution in [-0.4, -0.2) is 35.1 Å². The Kier molecular flexibility index (Phi) is 5.25. The number of likely N-dealkylation sites (tertiary alicyclic amines) is 1. The van der Waals surface area contributed by atoms with Crippen LogP contribution >= 0.6 is 11.6 Å². The van der Waals surface area contributed by atoms with E-state index >= 15 is 0 Å². The fourth-order valence-electron chi connectivity index (χ4n) is 5.89. The Morgan fingerprint density at radius 1 is 1.09 bits per heavy atom. The highest BCUT2D eigenvalue weighted by molar-refractivity contribution is 6.32. The van der Waals surface area contributed by atoms with E-state index in [4.69, 9.17) is 20.8 Å². The van der Waals surface area contributed by atoms with Crippen LogP contribution in [-0.2, 0) is 24.2 Å². The van der Waals surface area contributed by atoms with Gasteiger partial charge in [-0.25, -0.2) is 4.79 Å². The number of carbonyl (C=O) groups is 1. The van der Waals surface area contributed by atoms with Crippen LogP contribution in [0, 0.1) is 5.92 Å². The number of pyridine rings is 1. The Balaban J connectivity index is 1.20. The first-order valence-corrected chi connectivity index (χ1v) is 12.2. The fraction of sp³-hybridized carbons (Fsp3) is 0.423. The van der Waals surface area contributed by atoms with Crippen LogP contribution in [0.15, 0.2) is 44.3 Å². The maximum absolute atomic E-state index is 13.0. The molecular weight excluding hydrogens is 456 g/mol.